The van der Waals surface area contributed by atoms with Gasteiger partial charge in [0.1, 0.15) is 0 Å². The van der Waals surface area contributed by atoms with E-state index in [1.165, 1.54) is 25.7 Å². The molecule has 3 aliphatic rings. The summed E-state index contributed by atoms with van der Waals surface area (Å²) in [7, 11) is 0. The highest BCUT2D eigenvalue weighted by atomic mass is 16.5. The molecule has 4 rings (SSSR count). The number of nitrogens with one attached hydrogen (secondary N) is 2. The number of hydrogen-bond acceptors (Lipinski definition) is 4. The Hall–Kier alpha value is -1.59. The average Bonchev–Trinajstić information content (AvgIpc) is 3.27. The van der Waals surface area contributed by atoms with Crippen LogP contribution in [0.15, 0.2) is 18.2 Å². The number of amides is 1. The summed E-state index contributed by atoms with van der Waals surface area (Å²) >= 11 is 0. The van der Waals surface area contributed by atoms with Gasteiger partial charge in [-0.2, -0.15) is 0 Å². The largest absolute Gasteiger partial charge is 0.395 e. The third kappa shape index (κ3) is 2.64. The van der Waals surface area contributed by atoms with Crippen molar-refractivity contribution in [2.45, 2.75) is 51.2 Å². The van der Waals surface area contributed by atoms with Gasteiger partial charge in [0.2, 0.25) is 0 Å². The zero-order valence-electron chi connectivity index (χ0n) is 14.9. The molecule has 2 aliphatic carbocycles. The summed E-state index contributed by atoms with van der Waals surface area (Å²) in [6.07, 6.45) is 6.67. The van der Waals surface area contributed by atoms with E-state index >= 15 is 0 Å². The second-order valence-corrected chi connectivity index (χ2v) is 7.76. The highest BCUT2D eigenvalue weighted by Crippen LogP contribution is 2.61. The van der Waals surface area contributed by atoms with Crippen LogP contribution in [-0.4, -0.2) is 42.9 Å². The molecule has 1 amide bonds. The Kier molecular flexibility index (Phi) is 4.46. The third-order valence-corrected chi connectivity index (χ3v) is 6.57. The summed E-state index contributed by atoms with van der Waals surface area (Å²) in [6, 6.07) is 6.31. The number of aliphatic hydroxyl groups excluding tert-OH is 1. The summed E-state index contributed by atoms with van der Waals surface area (Å²) in [5.41, 5.74) is 3.01. The van der Waals surface area contributed by atoms with E-state index < -0.39 is 0 Å². The van der Waals surface area contributed by atoms with Crippen LogP contribution in [0.25, 0.3) is 0 Å². The predicted octanol–water partition coefficient (Wildman–Crippen LogP) is 2.48. The summed E-state index contributed by atoms with van der Waals surface area (Å²) in [5, 5.41) is 15.5. The van der Waals surface area contributed by atoms with Crippen molar-refractivity contribution in [2.75, 3.05) is 25.1 Å². The average molecular weight is 344 g/mol. The van der Waals surface area contributed by atoms with E-state index in [1.54, 1.807) is 0 Å². The van der Waals surface area contributed by atoms with Gasteiger partial charge in [0.25, 0.3) is 5.91 Å². The molecule has 0 bridgehead atoms. The predicted molar refractivity (Wildman–Crippen MR) is 96.8 cm³/mol. The molecule has 1 saturated heterocycles. The molecular formula is C20H28N2O3. The van der Waals surface area contributed by atoms with Gasteiger partial charge in [0.05, 0.1) is 12.7 Å². The normalized spacial score (nSPS) is 29.3. The van der Waals surface area contributed by atoms with Crippen LogP contribution in [0.2, 0.25) is 0 Å². The number of benzene rings is 1. The number of rotatable bonds is 5. The van der Waals surface area contributed by atoms with Crippen molar-refractivity contribution in [1.82, 2.24) is 5.32 Å². The fraction of sp³-hybridized carbons (Fsp3) is 0.650. The highest BCUT2D eigenvalue weighted by Gasteiger charge is 2.64. The standard InChI is InChI=1S/C20H28N2O3/c1-13-14(19(24)21-10-11-23)5-4-6-16(13)22-17-15-7-12-25-18(15)20(17)8-2-3-9-20/h4-6,15,17-18,22-23H,2-3,7-12H2,1H3,(H,21,24). The van der Waals surface area contributed by atoms with Crippen LogP contribution in [0.1, 0.15) is 48.0 Å². The lowest BCUT2D eigenvalue weighted by Crippen LogP contribution is -2.64. The maximum Gasteiger partial charge on any atom is 0.251 e. The van der Waals surface area contributed by atoms with Crippen LogP contribution in [0.5, 0.6) is 0 Å². The maximum absolute atomic E-state index is 12.3. The van der Waals surface area contributed by atoms with Crippen LogP contribution < -0.4 is 10.6 Å². The first-order chi connectivity index (χ1) is 12.2. The van der Waals surface area contributed by atoms with Gasteiger partial charge in [-0.25, -0.2) is 0 Å². The molecule has 3 atom stereocenters. The molecule has 3 unspecified atom stereocenters. The zero-order valence-corrected chi connectivity index (χ0v) is 14.9. The van der Waals surface area contributed by atoms with E-state index in [9.17, 15) is 4.79 Å². The van der Waals surface area contributed by atoms with Crippen molar-refractivity contribution >= 4 is 11.6 Å². The van der Waals surface area contributed by atoms with Crippen LogP contribution >= 0.6 is 0 Å². The highest BCUT2D eigenvalue weighted by molar-refractivity contribution is 5.97. The molecule has 5 heteroatoms. The monoisotopic (exact) mass is 344 g/mol. The van der Waals surface area contributed by atoms with Gasteiger partial charge in [0, 0.05) is 41.8 Å². The summed E-state index contributed by atoms with van der Waals surface area (Å²) in [5.74, 6) is 0.478. The van der Waals surface area contributed by atoms with Crippen molar-refractivity contribution in [3.8, 4) is 0 Å². The molecule has 3 N–H and O–H groups in total. The van der Waals surface area contributed by atoms with Gasteiger partial charge < -0.3 is 20.5 Å². The lowest BCUT2D eigenvalue weighted by molar-refractivity contribution is -0.111. The molecule has 1 aromatic rings. The Morgan fingerprint density at radius 1 is 1.36 bits per heavy atom. The minimum Gasteiger partial charge on any atom is -0.395 e. The fourth-order valence-corrected chi connectivity index (χ4v) is 5.37. The van der Waals surface area contributed by atoms with Crippen LogP contribution in [0, 0.1) is 18.3 Å². The number of hydrogen-bond donors (Lipinski definition) is 3. The molecule has 25 heavy (non-hydrogen) atoms. The van der Waals surface area contributed by atoms with Crippen LogP contribution in [0.4, 0.5) is 5.69 Å². The minimum atomic E-state index is -0.124. The van der Waals surface area contributed by atoms with E-state index in [2.05, 4.69) is 16.7 Å². The molecule has 5 nitrogen and oxygen atoms in total. The van der Waals surface area contributed by atoms with Gasteiger partial charge in [-0.05, 0) is 43.9 Å². The first kappa shape index (κ1) is 16.9. The van der Waals surface area contributed by atoms with Crippen molar-refractivity contribution in [2.24, 2.45) is 11.3 Å². The lowest BCUT2D eigenvalue weighted by atomic mass is 9.54. The Bertz CT molecular complexity index is 654. The van der Waals surface area contributed by atoms with Crippen molar-refractivity contribution in [3.05, 3.63) is 29.3 Å². The molecule has 1 aliphatic heterocycles. The minimum absolute atomic E-state index is 0.0452. The molecule has 1 spiro atoms. The van der Waals surface area contributed by atoms with Crippen molar-refractivity contribution in [3.63, 3.8) is 0 Å². The van der Waals surface area contributed by atoms with Gasteiger partial charge in [0.15, 0.2) is 0 Å². The van der Waals surface area contributed by atoms with Crippen molar-refractivity contribution < 1.29 is 14.6 Å². The molecule has 3 fully saturated rings. The molecule has 0 radical (unpaired) electrons. The third-order valence-electron chi connectivity index (χ3n) is 6.57. The van der Waals surface area contributed by atoms with Gasteiger partial charge in [-0.3, -0.25) is 4.79 Å². The second kappa shape index (κ2) is 6.61. The van der Waals surface area contributed by atoms with E-state index in [0.717, 1.165) is 24.3 Å². The molecule has 1 heterocycles. The molecule has 2 saturated carbocycles. The van der Waals surface area contributed by atoms with Gasteiger partial charge in [-0.15, -0.1) is 0 Å². The Balaban J connectivity index is 1.55. The number of carbonyl (C=O) groups excluding carboxylic acids is 1. The lowest BCUT2D eigenvalue weighted by Gasteiger charge is -2.57. The SMILES string of the molecule is Cc1c(NC2C3CCOC3C23CCCC3)cccc1C(=O)NCCO. The summed E-state index contributed by atoms with van der Waals surface area (Å²) in [4.78, 5) is 12.3. The van der Waals surface area contributed by atoms with Crippen molar-refractivity contribution in [1.29, 1.82) is 0 Å². The number of ether oxygens (including phenoxy) is 1. The summed E-state index contributed by atoms with van der Waals surface area (Å²) in [6.45, 7) is 3.12. The quantitative estimate of drug-likeness (QED) is 0.767. The Morgan fingerprint density at radius 2 is 2.16 bits per heavy atom. The van der Waals surface area contributed by atoms with E-state index in [1.807, 2.05) is 19.1 Å². The van der Waals surface area contributed by atoms with E-state index in [-0.39, 0.29) is 19.1 Å². The van der Waals surface area contributed by atoms with Crippen LogP contribution in [-0.2, 0) is 4.74 Å². The molecule has 1 aromatic carbocycles. The van der Waals surface area contributed by atoms with Gasteiger partial charge in [-0.1, -0.05) is 18.9 Å². The van der Waals surface area contributed by atoms with Crippen LogP contribution in [0.3, 0.4) is 0 Å². The van der Waals surface area contributed by atoms with E-state index in [0.29, 0.717) is 29.0 Å². The number of fused-ring (bicyclic) bond motifs is 2. The maximum atomic E-state index is 12.3. The first-order valence-corrected chi connectivity index (χ1v) is 9.54. The van der Waals surface area contributed by atoms with Gasteiger partial charge >= 0.3 is 0 Å². The Morgan fingerprint density at radius 3 is 2.92 bits per heavy atom. The number of anilines is 1. The molecule has 136 valence electrons. The number of aliphatic hydroxyl groups is 1. The second-order valence-electron chi connectivity index (χ2n) is 7.76. The Labute approximate surface area is 149 Å². The molecular weight excluding hydrogens is 316 g/mol. The topological polar surface area (TPSA) is 70.6 Å². The fourth-order valence-electron chi connectivity index (χ4n) is 5.37. The zero-order chi connectivity index (χ0) is 17.4. The smallest absolute Gasteiger partial charge is 0.251 e. The number of carbonyl (C=O) groups is 1. The van der Waals surface area contributed by atoms with E-state index in [4.69, 9.17) is 9.84 Å². The molecule has 0 aromatic heterocycles. The summed E-state index contributed by atoms with van der Waals surface area (Å²) < 4.78 is 6.07. The first-order valence-electron chi connectivity index (χ1n) is 9.54.